The molecule has 0 N–H and O–H groups in total. The Kier molecular flexibility index (Phi) is 19.1. The first kappa shape index (κ1) is 69.2. The largest absolute Gasteiger partial charge is 0.256 e. The van der Waals surface area contributed by atoms with Gasteiger partial charge in [0.05, 0.1) is 34.2 Å². The molecule has 19 rings (SSSR count). The van der Waals surface area contributed by atoms with Crippen LogP contribution in [0.3, 0.4) is 0 Å². The van der Waals surface area contributed by atoms with Crippen LogP contribution in [0.5, 0.6) is 0 Å². The van der Waals surface area contributed by atoms with Crippen LogP contribution in [-0.2, 0) is 0 Å². The van der Waals surface area contributed by atoms with Crippen molar-refractivity contribution < 1.29 is 0 Å². The summed E-state index contributed by atoms with van der Waals surface area (Å²) in [6.07, 6.45) is 11.4. The minimum Gasteiger partial charge on any atom is -0.256 e. The Balaban J connectivity index is 0.627. The van der Waals surface area contributed by atoms with Crippen molar-refractivity contribution in [3.8, 4) is 201 Å². The molecule has 0 fully saturated rings. The zero-order chi connectivity index (χ0) is 75.9. The second-order valence-corrected chi connectivity index (χ2v) is 28.5. The molecule has 0 saturated heterocycles. The molecule has 0 aliphatic carbocycles. The molecule has 0 atom stereocenters. The molecule has 13 aromatic carbocycles. The lowest BCUT2D eigenvalue weighted by Gasteiger charge is -2.18. The first-order valence-corrected chi connectivity index (χ1v) is 38.5. The number of hydrogen-bond acceptors (Lipinski definition) is 6. The maximum atomic E-state index is 5.19. The molecule has 0 spiro atoms. The molecule has 114 heavy (non-hydrogen) atoms. The molecule has 6 heteroatoms. The fourth-order valence-electron chi connectivity index (χ4n) is 15.8. The summed E-state index contributed by atoms with van der Waals surface area (Å²) < 4.78 is 0. The van der Waals surface area contributed by atoms with Gasteiger partial charge in [-0.05, 0) is 219 Å². The first-order chi connectivity index (χ1) is 56.5. The normalized spacial score (nSPS) is 11.2. The predicted molar refractivity (Wildman–Crippen MR) is 471 cm³/mol. The molecule has 19 aromatic rings. The van der Waals surface area contributed by atoms with E-state index in [9.17, 15) is 0 Å². The lowest BCUT2D eigenvalue weighted by Crippen LogP contribution is -1.93. The Labute approximate surface area is 664 Å². The molecule has 0 bridgehead atoms. The van der Waals surface area contributed by atoms with Gasteiger partial charge in [0, 0.05) is 81.7 Å². The van der Waals surface area contributed by atoms with Gasteiger partial charge >= 0.3 is 0 Å². The topological polar surface area (TPSA) is 77.3 Å². The van der Waals surface area contributed by atoms with E-state index in [0.29, 0.717) is 0 Å². The average Bonchev–Trinajstić information content (AvgIpc) is 0.769. The van der Waals surface area contributed by atoms with Crippen LogP contribution < -0.4 is 0 Å². The molecule has 6 heterocycles. The Bertz CT molecular complexity index is 5920. The van der Waals surface area contributed by atoms with E-state index in [4.69, 9.17) is 9.97 Å². The molecule has 0 aliphatic heterocycles. The summed E-state index contributed by atoms with van der Waals surface area (Å²) in [7, 11) is 0. The second-order valence-electron chi connectivity index (χ2n) is 28.5. The number of rotatable bonds is 18. The lowest BCUT2D eigenvalue weighted by atomic mass is 9.86. The van der Waals surface area contributed by atoms with Crippen molar-refractivity contribution in [3.63, 3.8) is 0 Å². The molecule has 0 radical (unpaired) electrons. The van der Waals surface area contributed by atoms with Gasteiger partial charge in [0.15, 0.2) is 0 Å². The summed E-state index contributed by atoms with van der Waals surface area (Å²) in [4.78, 5) is 28.9. The van der Waals surface area contributed by atoms with Crippen molar-refractivity contribution in [2.45, 2.75) is 0 Å². The van der Waals surface area contributed by atoms with E-state index in [1.54, 1.807) is 0 Å². The van der Waals surface area contributed by atoms with Crippen LogP contribution in [-0.4, -0.2) is 29.9 Å². The van der Waals surface area contributed by atoms with E-state index in [1.807, 2.05) is 85.7 Å². The van der Waals surface area contributed by atoms with Crippen LogP contribution in [0.2, 0.25) is 0 Å². The summed E-state index contributed by atoms with van der Waals surface area (Å²) in [5.74, 6) is 0. The van der Waals surface area contributed by atoms with Crippen molar-refractivity contribution in [3.05, 3.63) is 438 Å². The average molecular weight is 1450 g/mol. The highest BCUT2D eigenvalue weighted by Crippen LogP contribution is 2.46. The molecule has 0 aliphatic rings. The van der Waals surface area contributed by atoms with Crippen LogP contribution in [0, 0.1) is 0 Å². The van der Waals surface area contributed by atoms with Crippen LogP contribution in [0.1, 0.15) is 0 Å². The SMILES string of the molecule is c1ccc(-c2ccc(-c3ccccc3-c3cc(-c4ccccc4-c4ccc(-c5ccccn5)cc4)cc(-c4ccccc4-c4ccc(-c5ccc(-c6ccc(-c7ccccc7-c7cc(-c8ccccc8-c8ccc(-c9ccccn9)cc8)cc(-c8ccccc8-c8ccc(-c9ccccn9)cc8)c7)cn6)cc5)nc4)c3)cc2)nc1. The van der Waals surface area contributed by atoms with E-state index >= 15 is 0 Å². The minimum absolute atomic E-state index is 0.881. The van der Waals surface area contributed by atoms with Gasteiger partial charge in [-0.15, -0.1) is 0 Å². The number of benzene rings is 13. The van der Waals surface area contributed by atoms with Crippen molar-refractivity contribution in [2.75, 3.05) is 0 Å². The molecular weight excluding hydrogens is 1380 g/mol. The minimum atomic E-state index is 0.881. The number of hydrogen-bond donors (Lipinski definition) is 0. The number of aromatic nitrogens is 6. The predicted octanol–water partition coefficient (Wildman–Crippen LogP) is 28.1. The van der Waals surface area contributed by atoms with Crippen LogP contribution in [0.4, 0.5) is 0 Å². The zero-order valence-corrected chi connectivity index (χ0v) is 62.3. The maximum Gasteiger partial charge on any atom is 0.0702 e. The van der Waals surface area contributed by atoms with E-state index in [-0.39, 0.29) is 0 Å². The smallest absolute Gasteiger partial charge is 0.0702 e. The van der Waals surface area contributed by atoms with E-state index in [1.165, 1.54) is 0 Å². The van der Waals surface area contributed by atoms with Crippen LogP contribution in [0.15, 0.2) is 438 Å². The van der Waals surface area contributed by atoms with Gasteiger partial charge in [-0.1, -0.05) is 303 Å². The molecular formula is C108H72N6. The third-order valence-corrected chi connectivity index (χ3v) is 21.5. The van der Waals surface area contributed by atoms with Gasteiger partial charge in [0.1, 0.15) is 0 Å². The van der Waals surface area contributed by atoms with Gasteiger partial charge in [0.25, 0.3) is 0 Å². The highest BCUT2D eigenvalue weighted by atomic mass is 14.7. The second kappa shape index (κ2) is 31.4. The summed E-state index contributed by atoms with van der Waals surface area (Å²) in [6, 6.07) is 143. The zero-order valence-electron chi connectivity index (χ0n) is 62.3. The van der Waals surface area contributed by atoms with Gasteiger partial charge < -0.3 is 0 Å². The number of pyridine rings is 6. The van der Waals surface area contributed by atoms with Gasteiger partial charge in [-0.25, -0.2) is 0 Å². The first-order valence-electron chi connectivity index (χ1n) is 38.5. The molecule has 6 nitrogen and oxygen atoms in total. The third kappa shape index (κ3) is 14.3. The van der Waals surface area contributed by atoms with Gasteiger partial charge in [-0.2, -0.15) is 0 Å². The molecule has 0 unspecified atom stereocenters. The van der Waals surface area contributed by atoms with Gasteiger partial charge in [-0.3, -0.25) is 29.9 Å². The standard InChI is InChI=1S/C108H72N6/c1-7-27-97(91(21-1)73-37-45-77(46-38-73)103-33-13-17-61-109-103)85-65-86(98-28-8-2-22-92(98)74-39-47-78(48-40-74)104-34-14-18-62-110-104)68-89(67-85)101-31-11-5-25-95(101)83-57-59-107(113-71-83)81-53-55-82(56-54-81)108-60-58-84(72-114-108)96-26-6-12-32-102(96)90-69-87(99-29-9-3-23-93(99)75-41-49-79(50-42-75)105-35-15-19-63-111-105)66-88(70-90)100-30-10-4-24-94(100)76-43-51-80(52-44-76)106-36-16-20-64-112-106/h1-72H. The van der Waals surface area contributed by atoms with E-state index < -0.39 is 0 Å². The Morgan fingerprint density at radius 1 is 0.105 bits per heavy atom. The summed E-state index contributed by atoms with van der Waals surface area (Å²) in [5.41, 5.74) is 38.6. The van der Waals surface area contributed by atoms with Crippen LogP contribution >= 0.6 is 0 Å². The van der Waals surface area contributed by atoms with Crippen molar-refractivity contribution in [1.29, 1.82) is 0 Å². The highest BCUT2D eigenvalue weighted by molar-refractivity contribution is 5.97. The summed E-state index contributed by atoms with van der Waals surface area (Å²) in [6.45, 7) is 0. The Morgan fingerprint density at radius 3 is 0.421 bits per heavy atom. The lowest BCUT2D eigenvalue weighted by molar-refractivity contribution is 1.31. The monoisotopic (exact) mass is 1450 g/mol. The maximum absolute atomic E-state index is 5.19. The molecule has 534 valence electrons. The fraction of sp³-hybridized carbons (Fsp3) is 0. The van der Waals surface area contributed by atoms with Gasteiger partial charge in [0.2, 0.25) is 0 Å². The van der Waals surface area contributed by atoms with Crippen molar-refractivity contribution >= 4 is 0 Å². The van der Waals surface area contributed by atoms with E-state index in [2.05, 4.69) is 372 Å². The molecule has 0 saturated carbocycles. The van der Waals surface area contributed by atoms with Crippen molar-refractivity contribution in [1.82, 2.24) is 29.9 Å². The highest BCUT2D eigenvalue weighted by Gasteiger charge is 2.21. The van der Waals surface area contributed by atoms with Crippen molar-refractivity contribution in [2.24, 2.45) is 0 Å². The summed E-state index contributed by atoms with van der Waals surface area (Å²) in [5, 5.41) is 0. The summed E-state index contributed by atoms with van der Waals surface area (Å²) >= 11 is 0. The quantitative estimate of drug-likeness (QED) is 0.0852. The number of nitrogens with zero attached hydrogens (tertiary/aromatic N) is 6. The molecule has 0 amide bonds. The van der Waals surface area contributed by atoms with Crippen LogP contribution in [0.25, 0.3) is 201 Å². The Morgan fingerprint density at radius 2 is 0.254 bits per heavy atom. The molecule has 6 aromatic heterocycles. The van der Waals surface area contributed by atoms with E-state index in [0.717, 1.165) is 201 Å². The third-order valence-electron chi connectivity index (χ3n) is 21.5. The Hall–Kier alpha value is -15.2. The fourth-order valence-corrected chi connectivity index (χ4v) is 15.8.